The van der Waals surface area contributed by atoms with Crippen molar-refractivity contribution in [2.24, 2.45) is 0 Å². The van der Waals surface area contributed by atoms with Crippen molar-refractivity contribution in [3.63, 3.8) is 0 Å². The molecule has 1 aromatic rings. The lowest BCUT2D eigenvalue weighted by Crippen LogP contribution is -2.34. The minimum atomic E-state index is -0.320. The van der Waals surface area contributed by atoms with Crippen LogP contribution in [-0.4, -0.2) is 24.1 Å². The van der Waals surface area contributed by atoms with Crippen LogP contribution in [0.15, 0.2) is 24.3 Å². The summed E-state index contributed by atoms with van der Waals surface area (Å²) in [6, 6.07) is 8.03. The van der Waals surface area contributed by atoms with Crippen LogP contribution in [0.4, 0.5) is 0 Å². The third-order valence-corrected chi connectivity index (χ3v) is 2.78. The van der Waals surface area contributed by atoms with Crippen molar-refractivity contribution in [2.45, 2.75) is 25.4 Å². The topological polar surface area (TPSA) is 12.5 Å². The second-order valence-corrected chi connectivity index (χ2v) is 5.04. The fourth-order valence-electron chi connectivity index (χ4n) is 1.19. The summed E-state index contributed by atoms with van der Waals surface area (Å²) >= 11 is 6.19. The normalized spacial score (nSPS) is 11.9. The van der Waals surface area contributed by atoms with Gasteiger partial charge >= 0.3 is 0 Å². The van der Waals surface area contributed by atoms with Crippen LogP contribution >= 0.6 is 11.6 Å². The van der Waals surface area contributed by atoms with Crippen molar-refractivity contribution in [3.05, 3.63) is 29.8 Å². The number of ether oxygens (including phenoxy) is 1. The van der Waals surface area contributed by atoms with Gasteiger partial charge in [-0.2, -0.15) is 0 Å². The van der Waals surface area contributed by atoms with E-state index in [9.17, 15) is 0 Å². The summed E-state index contributed by atoms with van der Waals surface area (Å²) in [5.74, 6) is 0.881. The Kier molecular flexibility index (Phi) is 4.00. The van der Waals surface area contributed by atoms with Crippen LogP contribution in [0.2, 0.25) is 0 Å². The van der Waals surface area contributed by atoms with Gasteiger partial charge in [-0.3, -0.25) is 4.90 Å². The van der Waals surface area contributed by atoms with E-state index in [1.54, 1.807) is 7.11 Å². The van der Waals surface area contributed by atoms with Crippen molar-refractivity contribution in [1.29, 1.82) is 0 Å². The van der Waals surface area contributed by atoms with E-state index in [0.29, 0.717) is 0 Å². The fraction of sp³-hybridized carbons (Fsp3) is 0.500. The van der Waals surface area contributed by atoms with Gasteiger partial charge in [-0.1, -0.05) is 12.1 Å². The number of hydrogen-bond acceptors (Lipinski definition) is 2. The van der Waals surface area contributed by atoms with Gasteiger partial charge in [0.1, 0.15) is 5.75 Å². The first-order valence-corrected chi connectivity index (χ1v) is 5.34. The molecule has 0 bridgehead atoms. The largest absolute Gasteiger partial charge is 0.497 e. The van der Waals surface area contributed by atoms with Gasteiger partial charge < -0.3 is 4.74 Å². The van der Waals surface area contributed by atoms with Crippen LogP contribution in [0, 0.1) is 0 Å². The fourth-order valence-corrected chi connectivity index (χ4v) is 1.25. The van der Waals surface area contributed by atoms with E-state index >= 15 is 0 Å². The molecule has 0 atom stereocenters. The van der Waals surface area contributed by atoms with Gasteiger partial charge in [-0.25, -0.2) is 0 Å². The van der Waals surface area contributed by atoms with Crippen molar-refractivity contribution in [3.8, 4) is 5.75 Å². The van der Waals surface area contributed by atoms with Gasteiger partial charge in [0.25, 0.3) is 0 Å². The number of benzene rings is 1. The Labute approximate surface area is 96.8 Å². The highest BCUT2D eigenvalue weighted by Crippen LogP contribution is 2.20. The minimum absolute atomic E-state index is 0.320. The zero-order valence-electron chi connectivity index (χ0n) is 9.75. The lowest BCUT2D eigenvalue weighted by Gasteiger charge is -2.29. The maximum absolute atomic E-state index is 6.19. The Balaban J connectivity index is 2.65. The van der Waals surface area contributed by atoms with Gasteiger partial charge in [0.05, 0.1) is 12.1 Å². The lowest BCUT2D eigenvalue weighted by molar-refractivity contribution is 0.228. The van der Waals surface area contributed by atoms with Gasteiger partial charge in [0, 0.05) is 6.54 Å². The molecule has 3 heteroatoms. The summed E-state index contributed by atoms with van der Waals surface area (Å²) in [7, 11) is 3.68. The lowest BCUT2D eigenvalue weighted by atomic mass is 10.2. The number of alkyl halides is 1. The maximum Gasteiger partial charge on any atom is 0.118 e. The standard InChI is InChI=1S/C12H18ClNO/c1-12(2,13)14(3)9-10-5-7-11(15-4)8-6-10/h5-8H,9H2,1-4H3. The molecule has 1 aromatic carbocycles. The molecule has 0 saturated carbocycles. The second kappa shape index (κ2) is 4.86. The predicted octanol–water partition coefficient (Wildman–Crippen LogP) is 3.10. The number of methoxy groups -OCH3 is 1. The van der Waals surface area contributed by atoms with Crippen molar-refractivity contribution < 1.29 is 4.74 Å². The summed E-state index contributed by atoms with van der Waals surface area (Å²) in [5, 5.41) is 0. The molecular weight excluding hydrogens is 210 g/mol. The minimum Gasteiger partial charge on any atom is -0.497 e. The van der Waals surface area contributed by atoms with E-state index < -0.39 is 0 Å². The Morgan fingerprint density at radius 3 is 2.20 bits per heavy atom. The molecule has 0 fully saturated rings. The molecule has 84 valence electrons. The van der Waals surface area contributed by atoms with E-state index in [1.807, 2.05) is 33.0 Å². The molecule has 0 amide bonds. The number of halogens is 1. The third kappa shape index (κ3) is 3.73. The third-order valence-electron chi connectivity index (χ3n) is 2.49. The smallest absolute Gasteiger partial charge is 0.118 e. The summed E-state index contributed by atoms with van der Waals surface area (Å²) in [6.45, 7) is 4.80. The molecule has 0 aromatic heterocycles. The first kappa shape index (κ1) is 12.3. The maximum atomic E-state index is 6.19. The van der Waals surface area contributed by atoms with Crippen molar-refractivity contribution in [2.75, 3.05) is 14.2 Å². The summed E-state index contributed by atoms with van der Waals surface area (Å²) < 4.78 is 5.10. The summed E-state index contributed by atoms with van der Waals surface area (Å²) in [5.41, 5.74) is 1.23. The van der Waals surface area contributed by atoms with Gasteiger partial charge in [0.2, 0.25) is 0 Å². The molecule has 0 unspecified atom stereocenters. The molecule has 0 radical (unpaired) electrons. The molecule has 0 saturated heterocycles. The van der Waals surface area contributed by atoms with E-state index in [2.05, 4.69) is 17.0 Å². The quantitative estimate of drug-likeness (QED) is 0.579. The molecule has 1 rings (SSSR count). The number of hydrogen-bond donors (Lipinski definition) is 0. The van der Waals surface area contributed by atoms with E-state index in [1.165, 1.54) is 5.56 Å². The Hall–Kier alpha value is -0.730. The molecule has 15 heavy (non-hydrogen) atoms. The Morgan fingerprint density at radius 1 is 1.27 bits per heavy atom. The number of rotatable bonds is 4. The highest BCUT2D eigenvalue weighted by atomic mass is 35.5. The monoisotopic (exact) mass is 227 g/mol. The van der Waals surface area contributed by atoms with Gasteiger partial charge in [-0.15, -0.1) is 11.6 Å². The van der Waals surface area contributed by atoms with E-state index in [0.717, 1.165) is 12.3 Å². The molecular formula is C12H18ClNO. The molecule has 0 aliphatic carbocycles. The van der Waals surface area contributed by atoms with E-state index in [-0.39, 0.29) is 5.00 Å². The predicted molar refractivity (Wildman–Crippen MR) is 64.4 cm³/mol. The molecule has 0 N–H and O–H groups in total. The average molecular weight is 228 g/mol. The van der Waals surface area contributed by atoms with Crippen LogP contribution in [0.1, 0.15) is 19.4 Å². The highest BCUT2D eigenvalue weighted by molar-refractivity contribution is 6.23. The van der Waals surface area contributed by atoms with Crippen LogP contribution in [0.3, 0.4) is 0 Å². The summed E-state index contributed by atoms with van der Waals surface area (Å²) in [4.78, 5) is 1.77. The zero-order chi connectivity index (χ0) is 11.5. The average Bonchev–Trinajstić information content (AvgIpc) is 2.17. The van der Waals surface area contributed by atoms with Crippen LogP contribution in [0.25, 0.3) is 0 Å². The van der Waals surface area contributed by atoms with E-state index in [4.69, 9.17) is 16.3 Å². The molecule has 0 aliphatic rings. The first-order chi connectivity index (χ1) is 6.93. The molecule has 0 spiro atoms. The molecule has 0 aliphatic heterocycles. The Morgan fingerprint density at radius 2 is 1.80 bits per heavy atom. The summed E-state index contributed by atoms with van der Waals surface area (Å²) in [6.07, 6.45) is 0. The number of nitrogens with zero attached hydrogens (tertiary/aromatic N) is 1. The molecule has 0 heterocycles. The van der Waals surface area contributed by atoms with Crippen LogP contribution in [-0.2, 0) is 6.54 Å². The Bertz CT molecular complexity index is 302. The van der Waals surface area contributed by atoms with Gasteiger partial charge in [0.15, 0.2) is 0 Å². The van der Waals surface area contributed by atoms with Crippen LogP contribution in [0.5, 0.6) is 5.75 Å². The zero-order valence-corrected chi connectivity index (χ0v) is 10.5. The molecule has 2 nitrogen and oxygen atoms in total. The van der Waals surface area contributed by atoms with Crippen molar-refractivity contribution in [1.82, 2.24) is 4.90 Å². The first-order valence-electron chi connectivity index (χ1n) is 4.96. The van der Waals surface area contributed by atoms with Crippen molar-refractivity contribution >= 4 is 11.6 Å². The van der Waals surface area contributed by atoms with Crippen LogP contribution < -0.4 is 4.74 Å². The van der Waals surface area contributed by atoms with Gasteiger partial charge in [-0.05, 0) is 38.6 Å². The second-order valence-electron chi connectivity index (χ2n) is 4.11. The SMILES string of the molecule is COc1ccc(CN(C)C(C)(C)Cl)cc1. The highest BCUT2D eigenvalue weighted by Gasteiger charge is 2.19.